The van der Waals surface area contributed by atoms with Gasteiger partial charge in [-0.25, -0.2) is 4.98 Å². The van der Waals surface area contributed by atoms with Crippen molar-refractivity contribution in [2.75, 3.05) is 0 Å². The molecule has 25 heavy (non-hydrogen) atoms. The van der Waals surface area contributed by atoms with Crippen LogP contribution in [0.2, 0.25) is 5.15 Å². The fourth-order valence-corrected chi connectivity index (χ4v) is 4.55. The maximum Gasteiger partial charge on any atom is 0.191 e. The Morgan fingerprint density at radius 2 is 2.04 bits per heavy atom. The summed E-state index contributed by atoms with van der Waals surface area (Å²) in [6.45, 7) is 5.22. The van der Waals surface area contributed by atoms with Crippen LogP contribution in [-0.4, -0.2) is 19.7 Å². The maximum absolute atomic E-state index is 6.47. The van der Waals surface area contributed by atoms with Crippen LogP contribution in [0, 0.1) is 13.8 Å². The summed E-state index contributed by atoms with van der Waals surface area (Å²) in [4.78, 5) is 4.65. The summed E-state index contributed by atoms with van der Waals surface area (Å²) in [5.74, 6) is 1.88. The maximum atomic E-state index is 6.47. The molecule has 0 fully saturated rings. The predicted molar refractivity (Wildman–Crippen MR) is 103 cm³/mol. The number of halogens is 1. The van der Waals surface area contributed by atoms with Gasteiger partial charge in [0.15, 0.2) is 5.16 Å². The van der Waals surface area contributed by atoms with Crippen LogP contribution in [0.1, 0.15) is 41.8 Å². The average molecular weight is 373 g/mol. The van der Waals surface area contributed by atoms with Gasteiger partial charge in [0, 0.05) is 29.7 Å². The molecule has 1 aromatic carbocycles. The van der Waals surface area contributed by atoms with Gasteiger partial charge in [0.25, 0.3) is 0 Å². The molecule has 1 aliphatic rings. The Hall–Kier alpha value is -1.59. The molecule has 1 aliphatic heterocycles. The molecule has 0 radical (unpaired) electrons. The molecule has 2 aromatic heterocycles. The zero-order valence-electron chi connectivity index (χ0n) is 14.5. The molecular formula is C19H21ClN4S. The van der Waals surface area contributed by atoms with E-state index < -0.39 is 0 Å². The second kappa shape index (κ2) is 6.96. The van der Waals surface area contributed by atoms with Gasteiger partial charge in [0.1, 0.15) is 11.0 Å². The third-order valence-electron chi connectivity index (χ3n) is 4.97. The second-order valence-corrected chi connectivity index (χ2v) is 7.97. The fourth-order valence-electron chi connectivity index (χ4n) is 3.31. The lowest BCUT2D eigenvalue weighted by atomic mass is 10.0. The summed E-state index contributed by atoms with van der Waals surface area (Å²) in [6, 6.07) is 6.42. The lowest BCUT2D eigenvalue weighted by Gasteiger charge is -2.10. The highest BCUT2D eigenvalue weighted by molar-refractivity contribution is 7.98. The Balaban J connectivity index is 1.60. The number of nitrogens with zero attached hydrogens (tertiary/aromatic N) is 4. The van der Waals surface area contributed by atoms with Crippen LogP contribution < -0.4 is 0 Å². The highest BCUT2D eigenvalue weighted by Gasteiger charge is 2.16. The predicted octanol–water partition coefficient (Wildman–Crippen LogP) is 5.12. The third-order valence-corrected chi connectivity index (χ3v) is 6.31. The molecule has 3 aromatic rings. The monoisotopic (exact) mass is 372 g/mol. The summed E-state index contributed by atoms with van der Waals surface area (Å²) in [5, 5.41) is 11.5. The minimum Gasteiger partial charge on any atom is -0.306 e. The van der Waals surface area contributed by atoms with E-state index in [1.807, 2.05) is 0 Å². The van der Waals surface area contributed by atoms with E-state index in [0.29, 0.717) is 5.15 Å². The van der Waals surface area contributed by atoms with Crippen LogP contribution in [0.15, 0.2) is 23.4 Å². The molecule has 6 heteroatoms. The van der Waals surface area contributed by atoms with E-state index in [0.717, 1.165) is 46.2 Å². The Kier molecular flexibility index (Phi) is 4.69. The Morgan fingerprint density at radius 3 is 2.92 bits per heavy atom. The lowest BCUT2D eigenvalue weighted by molar-refractivity contribution is 0.591. The van der Waals surface area contributed by atoms with Gasteiger partial charge in [-0.3, -0.25) is 0 Å². The molecule has 0 N–H and O–H groups in total. The number of benzene rings is 1. The van der Waals surface area contributed by atoms with Gasteiger partial charge in [-0.1, -0.05) is 41.9 Å². The van der Waals surface area contributed by atoms with Crippen molar-refractivity contribution < 1.29 is 0 Å². The molecule has 0 spiro atoms. The van der Waals surface area contributed by atoms with Crippen molar-refractivity contribution in [2.24, 2.45) is 0 Å². The van der Waals surface area contributed by atoms with Gasteiger partial charge >= 0.3 is 0 Å². The lowest BCUT2D eigenvalue weighted by Crippen LogP contribution is -2.02. The summed E-state index contributed by atoms with van der Waals surface area (Å²) >= 11 is 8.17. The van der Waals surface area contributed by atoms with Gasteiger partial charge < -0.3 is 4.57 Å². The van der Waals surface area contributed by atoms with Gasteiger partial charge in [0.05, 0.1) is 5.52 Å². The first-order valence-corrected chi connectivity index (χ1v) is 10.1. The minimum absolute atomic E-state index is 0.587. The topological polar surface area (TPSA) is 43.6 Å². The van der Waals surface area contributed by atoms with E-state index >= 15 is 0 Å². The van der Waals surface area contributed by atoms with Crippen molar-refractivity contribution in [2.45, 2.75) is 57.0 Å². The van der Waals surface area contributed by atoms with Crippen LogP contribution in [0.4, 0.5) is 0 Å². The fraction of sp³-hybridized carbons (Fsp3) is 0.421. The standard InChI is InChI=1S/C19H21ClN4S/c1-12-7-8-14-10-15(18(20)21-17(14)13(12)2)11-25-19-23-22-16-6-4-3-5-9-24(16)19/h7-8,10H,3-6,9,11H2,1-2H3. The SMILES string of the molecule is Cc1ccc2cc(CSc3nnc4n3CCCCC4)c(Cl)nc2c1C. The van der Waals surface area contributed by atoms with Crippen LogP contribution in [0.5, 0.6) is 0 Å². The molecule has 0 bridgehead atoms. The minimum atomic E-state index is 0.587. The van der Waals surface area contributed by atoms with Crippen molar-refractivity contribution in [3.63, 3.8) is 0 Å². The number of aromatic nitrogens is 4. The van der Waals surface area contributed by atoms with E-state index in [2.05, 4.69) is 51.8 Å². The van der Waals surface area contributed by atoms with E-state index in [1.54, 1.807) is 11.8 Å². The number of hydrogen-bond donors (Lipinski definition) is 0. The van der Waals surface area contributed by atoms with Crippen LogP contribution >= 0.6 is 23.4 Å². The van der Waals surface area contributed by atoms with Gasteiger partial charge in [-0.15, -0.1) is 10.2 Å². The molecule has 130 valence electrons. The van der Waals surface area contributed by atoms with Crippen LogP contribution in [0.25, 0.3) is 10.9 Å². The molecule has 0 saturated carbocycles. The average Bonchev–Trinajstić information content (AvgIpc) is 2.84. The van der Waals surface area contributed by atoms with Crippen molar-refractivity contribution in [1.82, 2.24) is 19.7 Å². The molecule has 4 rings (SSSR count). The molecule has 0 unspecified atom stereocenters. The summed E-state index contributed by atoms with van der Waals surface area (Å²) in [5.41, 5.74) is 4.48. The zero-order chi connectivity index (χ0) is 17.4. The van der Waals surface area contributed by atoms with Gasteiger partial charge in [-0.05, 0) is 43.9 Å². The molecule has 3 heterocycles. The second-order valence-electron chi connectivity index (χ2n) is 6.67. The largest absolute Gasteiger partial charge is 0.306 e. The Morgan fingerprint density at radius 1 is 1.16 bits per heavy atom. The summed E-state index contributed by atoms with van der Waals surface area (Å²) in [6.07, 6.45) is 4.72. The van der Waals surface area contributed by atoms with Crippen molar-refractivity contribution in [1.29, 1.82) is 0 Å². The van der Waals surface area contributed by atoms with Gasteiger partial charge in [0.2, 0.25) is 0 Å². The zero-order valence-corrected chi connectivity index (χ0v) is 16.1. The number of aryl methyl sites for hydroxylation is 3. The van der Waals surface area contributed by atoms with E-state index in [-0.39, 0.29) is 0 Å². The quantitative estimate of drug-likeness (QED) is 0.473. The molecule has 0 amide bonds. The molecule has 0 atom stereocenters. The number of thioether (sulfide) groups is 1. The Labute approximate surface area is 157 Å². The number of fused-ring (bicyclic) bond motifs is 2. The first-order chi connectivity index (χ1) is 12.1. The van der Waals surface area contributed by atoms with Crippen molar-refractivity contribution in [3.05, 3.63) is 45.9 Å². The highest BCUT2D eigenvalue weighted by atomic mass is 35.5. The third kappa shape index (κ3) is 3.27. The Bertz CT molecular complexity index is 935. The van der Waals surface area contributed by atoms with Crippen LogP contribution in [0.3, 0.4) is 0 Å². The van der Waals surface area contributed by atoms with Crippen LogP contribution in [-0.2, 0) is 18.7 Å². The number of pyridine rings is 1. The first kappa shape index (κ1) is 16.9. The smallest absolute Gasteiger partial charge is 0.191 e. The number of rotatable bonds is 3. The van der Waals surface area contributed by atoms with Crippen molar-refractivity contribution >= 4 is 34.3 Å². The van der Waals surface area contributed by atoms with Gasteiger partial charge in [-0.2, -0.15) is 0 Å². The molecular weight excluding hydrogens is 352 g/mol. The molecule has 4 nitrogen and oxygen atoms in total. The van der Waals surface area contributed by atoms with E-state index in [9.17, 15) is 0 Å². The van der Waals surface area contributed by atoms with E-state index in [4.69, 9.17) is 11.6 Å². The molecule has 0 saturated heterocycles. The van der Waals surface area contributed by atoms with Crippen molar-refractivity contribution in [3.8, 4) is 0 Å². The summed E-state index contributed by atoms with van der Waals surface area (Å²) in [7, 11) is 0. The van der Waals surface area contributed by atoms with E-state index in [1.165, 1.54) is 30.4 Å². The molecule has 0 aliphatic carbocycles. The highest BCUT2D eigenvalue weighted by Crippen LogP contribution is 2.30. The first-order valence-electron chi connectivity index (χ1n) is 8.73. The normalized spacial score (nSPS) is 14.5. The summed E-state index contributed by atoms with van der Waals surface area (Å²) < 4.78 is 2.27. The number of hydrogen-bond acceptors (Lipinski definition) is 4.